The molecule has 1 aliphatic carbocycles. The first kappa shape index (κ1) is 21.5. The number of carbonyl (C=O) groups excluding carboxylic acids is 1. The van der Waals surface area contributed by atoms with Gasteiger partial charge in [0.05, 0.1) is 18.6 Å². The Morgan fingerprint density at radius 2 is 2.00 bits per heavy atom. The van der Waals surface area contributed by atoms with Crippen LogP contribution in [0.1, 0.15) is 35.4 Å². The maximum atomic E-state index is 13.1. The van der Waals surface area contributed by atoms with Gasteiger partial charge in [-0.05, 0) is 60.7 Å². The van der Waals surface area contributed by atoms with Crippen LogP contribution in [0.3, 0.4) is 0 Å². The fourth-order valence-corrected chi connectivity index (χ4v) is 6.22. The maximum Gasteiger partial charge on any atom is 0.336 e. The van der Waals surface area contributed by atoms with E-state index in [1.807, 2.05) is 30.3 Å². The molecule has 0 bridgehead atoms. The molecule has 1 saturated heterocycles. The molecular formula is C27H29NO6. The summed E-state index contributed by atoms with van der Waals surface area (Å²) in [6, 6.07) is 13.6. The molecule has 0 amide bonds. The Hall–Kier alpha value is -3.03. The Bertz CT molecular complexity index is 1130. The highest BCUT2D eigenvalue weighted by atomic mass is 16.7. The Morgan fingerprint density at radius 3 is 2.79 bits per heavy atom. The molecule has 2 unspecified atom stereocenters. The van der Waals surface area contributed by atoms with Crippen LogP contribution in [0.2, 0.25) is 0 Å². The van der Waals surface area contributed by atoms with E-state index in [1.54, 1.807) is 7.11 Å². The summed E-state index contributed by atoms with van der Waals surface area (Å²) >= 11 is 0. The van der Waals surface area contributed by atoms with Gasteiger partial charge in [-0.25, -0.2) is 4.79 Å². The first-order chi connectivity index (χ1) is 16.6. The largest absolute Gasteiger partial charge is 0.497 e. The third-order valence-electron chi connectivity index (χ3n) is 7.75. The van der Waals surface area contributed by atoms with Crippen LogP contribution in [-0.4, -0.2) is 60.7 Å². The minimum Gasteiger partial charge on any atom is -0.497 e. The number of ether oxygens (including phenoxy) is 4. The van der Waals surface area contributed by atoms with Crippen LogP contribution < -0.4 is 9.47 Å². The molecule has 1 spiro atoms. The first-order valence-electron chi connectivity index (χ1n) is 12.0. The van der Waals surface area contributed by atoms with Crippen LogP contribution in [0.25, 0.3) is 0 Å². The predicted molar refractivity (Wildman–Crippen MR) is 124 cm³/mol. The summed E-state index contributed by atoms with van der Waals surface area (Å²) in [5.74, 6) is 1.34. The molecule has 178 valence electrons. The van der Waals surface area contributed by atoms with E-state index in [-0.39, 0.29) is 24.7 Å². The van der Waals surface area contributed by atoms with Crippen LogP contribution in [0.15, 0.2) is 54.3 Å². The van der Waals surface area contributed by atoms with Gasteiger partial charge in [0.25, 0.3) is 0 Å². The molecule has 2 aromatic carbocycles. The quantitative estimate of drug-likeness (QED) is 0.683. The number of rotatable bonds is 5. The molecule has 0 radical (unpaired) electrons. The standard InChI is InChI=1S/C27H29NO6/c1-31-23-15-27-9-5-10-28(27)11-8-18-13-21-22(33-16-32-21)14-19(18)24(27)25(23)34-26(30)20(29)12-17-6-3-2-4-7-17/h2-4,6-7,13-15,20,24-25,29H,5,8-12,16H2,1H3/t20?,24-,25?,27+/m1/s1. The van der Waals surface area contributed by atoms with E-state index in [0.29, 0.717) is 5.76 Å². The van der Waals surface area contributed by atoms with E-state index < -0.39 is 18.2 Å². The van der Waals surface area contributed by atoms with E-state index in [0.717, 1.165) is 55.0 Å². The van der Waals surface area contributed by atoms with E-state index in [2.05, 4.69) is 23.1 Å². The minimum atomic E-state index is -1.25. The van der Waals surface area contributed by atoms with Crippen molar-refractivity contribution in [3.63, 3.8) is 0 Å². The second kappa shape index (κ2) is 8.32. The summed E-state index contributed by atoms with van der Waals surface area (Å²) in [6.07, 6.45) is 3.40. The molecule has 0 aromatic heterocycles. The highest BCUT2D eigenvalue weighted by molar-refractivity contribution is 5.75. The van der Waals surface area contributed by atoms with Gasteiger partial charge in [0, 0.05) is 13.0 Å². The van der Waals surface area contributed by atoms with Crippen molar-refractivity contribution >= 4 is 5.97 Å². The van der Waals surface area contributed by atoms with Crippen molar-refractivity contribution in [1.82, 2.24) is 4.90 Å². The molecule has 2 aromatic rings. The van der Waals surface area contributed by atoms with Crippen molar-refractivity contribution in [3.05, 3.63) is 71.0 Å². The number of hydrogen-bond acceptors (Lipinski definition) is 7. The fourth-order valence-electron chi connectivity index (χ4n) is 6.22. The Balaban J connectivity index is 1.36. The monoisotopic (exact) mass is 463 g/mol. The number of nitrogens with zero attached hydrogens (tertiary/aromatic N) is 1. The molecule has 1 N–H and O–H groups in total. The molecule has 3 aliphatic heterocycles. The molecule has 7 nitrogen and oxygen atoms in total. The van der Waals surface area contributed by atoms with Gasteiger partial charge in [0.1, 0.15) is 5.76 Å². The molecule has 4 atom stereocenters. The maximum absolute atomic E-state index is 13.1. The van der Waals surface area contributed by atoms with Gasteiger partial charge < -0.3 is 24.1 Å². The molecule has 7 heteroatoms. The number of methoxy groups -OCH3 is 1. The number of esters is 1. The lowest BCUT2D eigenvalue weighted by molar-refractivity contribution is -0.160. The average Bonchev–Trinajstić information content (AvgIpc) is 3.53. The van der Waals surface area contributed by atoms with E-state index in [4.69, 9.17) is 18.9 Å². The number of fused-ring (bicyclic) bond motifs is 3. The van der Waals surface area contributed by atoms with Crippen molar-refractivity contribution in [3.8, 4) is 11.5 Å². The van der Waals surface area contributed by atoms with Crippen molar-refractivity contribution in [1.29, 1.82) is 0 Å². The second-order valence-electron chi connectivity index (χ2n) is 9.53. The third kappa shape index (κ3) is 3.37. The zero-order valence-corrected chi connectivity index (χ0v) is 19.2. The van der Waals surface area contributed by atoms with E-state index in [1.165, 1.54) is 5.56 Å². The van der Waals surface area contributed by atoms with Crippen LogP contribution in [0, 0.1) is 0 Å². The molecule has 0 saturated carbocycles. The number of benzene rings is 2. The van der Waals surface area contributed by atoms with E-state index in [9.17, 15) is 9.90 Å². The normalized spacial score (nSPS) is 27.8. The zero-order chi connectivity index (χ0) is 23.3. The van der Waals surface area contributed by atoms with E-state index >= 15 is 0 Å². The predicted octanol–water partition coefficient (Wildman–Crippen LogP) is 2.95. The van der Waals surface area contributed by atoms with Crippen molar-refractivity contribution in [2.24, 2.45) is 0 Å². The topological polar surface area (TPSA) is 77.5 Å². The number of aliphatic hydroxyl groups excluding tert-OH is 1. The van der Waals surface area contributed by atoms with Crippen LogP contribution in [0.5, 0.6) is 11.5 Å². The first-order valence-corrected chi connectivity index (χ1v) is 12.0. The van der Waals surface area contributed by atoms with Gasteiger partial charge in [0.2, 0.25) is 6.79 Å². The van der Waals surface area contributed by atoms with Crippen molar-refractivity contribution in [2.45, 2.75) is 49.3 Å². The smallest absolute Gasteiger partial charge is 0.336 e. The lowest BCUT2D eigenvalue weighted by atomic mass is 9.77. The van der Waals surface area contributed by atoms with Gasteiger partial charge in [-0.1, -0.05) is 30.3 Å². The highest BCUT2D eigenvalue weighted by Gasteiger charge is 2.58. The zero-order valence-electron chi connectivity index (χ0n) is 19.2. The average molecular weight is 464 g/mol. The van der Waals surface area contributed by atoms with Gasteiger partial charge in [-0.3, -0.25) is 4.90 Å². The van der Waals surface area contributed by atoms with Crippen molar-refractivity contribution < 1.29 is 28.8 Å². The summed E-state index contributed by atoms with van der Waals surface area (Å²) in [4.78, 5) is 15.6. The van der Waals surface area contributed by atoms with Gasteiger partial charge in [0.15, 0.2) is 23.7 Å². The summed E-state index contributed by atoms with van der Waals surface area (Å²) in [5, 5.41) is 10.7. The molecular weight excluding hydrogens is 434 g/mol. The van der Waals surface area contributed by atoms with Gasteiger partial charge in [-0.15, -0.1) is 0 Å². The van der Waals surface area contributed by atoms with Gasteiger partial charge >= 0.3 is 5.97 Å². The molecule has 1 fully saturated rings. The van der Waals surface area contributed by atoms with Crippen LogP contribution in [0.4, 0.5) is 0 Å². The number of carbonyl (C=O) groups is 1. The highest BCUT2D eigenvalue weighted by Crippen LogP contribution is 2.55. The van der Waals surface area contributed by atoms with Crippen molar-refractivity contribution in [2.75, 3.05) is 27.0 Å². The number of hydrogen-bond donors (Lipinski definition) is 1. The fraction of sp³-hybridized carbons (Fsp3) is 0.444. The molecule has 4 aliphatic rings. The molecule has 3 heterocycles. The minimum absolute atomic E-state index is 0.148. The SMILES string of the molecule is COC1=C[C@]23CCCN2CCc2cc4c(cc2[C@@H]3C1OC(=O)C(O)Cc1ccccc1)OCO4. The Kier molecular flexibility index (Phi) is 5.26. The summed E-state index contributed by atoms with van der Waals surface area (Å²) in [5.41, 5.74) is 2.87. The lowest BCUT2D eigenvalue weighted by Crippen LogP contribution is -2.47. The second-order valence-corrected chi connectivity index (χ2v) is 9.53. The summed E-state index contributed by atoms with van der Waals surface area (Å²) < 4.78 is 23.2. The molecule has 34 heavy (non-hydrogen) atoms. The Morgan fingerprint density at radius 1 is 1.21 bits per heavy atom. The summed E-state index contributed by atoms with van der Waals surface area (Å²) in [6.45, 7) is 2.11. The summed E-state index contributed by atoms with van der Waals surface area (Å²) in [7, 11) is 1.62. The molecule has 6 rings (SSSR count). The van der Waals surface area contributed by atoms with Crippen LogP contribution in [-0.2, 0) is 27.1 Å². The van der Waals surface area contributed by atoms with Crippen LogP contribution >= 0.6 is 0 Å². The Labute approximate surface area is 198 Å². The number of aliphatic hydroxyl groups is 1. The lowest BCUT2D eigenvalue weighted by Gasteiger charge is -2.39. The third-order valence-corrected chi connectivity index (χ3v) is 7.75. The van der Waals surface area contributed by atoms with Gasteiger partial charge in [-0.2, -0.15) is 0 Å².